The fraction of sp³-hybridized carbons (Fsp3) is 0.385. The molecule has 2 aromatic rings. The van der Waals surface area contributed by atoms with Gasteiger partial charge in [-0.15, -0.1) is 0 Å². The summed E-state index contributed by atoms with van der Waals surface area (Å²) in [6.07, 6.45) is 3.09. The van der Waals surface area contributed by atoms with Crippen LogP contribution in [-0.2, 0) is 0 Å². The van der Waals surface area contributed by atoms with E-state index in [9.17, 15) is 4.79 Å². The molecular weight excluding hydrogens is 214 g/mol. The Labute approximate surface area is 99.9 Å². The molecule has 0 aromatic carbocycles. The molecule has 0 spiro atoms. The molecule has 0 unspecified atom stereocenters. The average Bonchev–Trinajstić information content (AvgIpc) is 2.50. The number of rotatable bonds is 1. The van der Waals surface area contributed by atoms with E-state index in [1.165, 1.54) is 0 Å². The monoisotopic (exact) mass is 229 g/mol. The van der Waals surface area contributed by atoms with E-state index in [0.29, 0.717) is 5.69 Å². The van der Waals surface area contributed by atoms with Gasteiger partial charge in [-0.2, -0.15) is 0 Å². The number of imidazole rings is 1. The normalized spacial score (nSPS) is 15.1. The van der Waals surface area contributed by atoms with Crippen molar-refractivity contribution < 1.29 is 4.79 Å². The van der Waals surface area contributed by atoms with Crippen LogP contribution in [0.15, 0.2) is 18.3 Å². The maximum absolute atomic E-state index is 12.3. The van der Waals surface area contributed by atoms with Gasteiger partial charge in [0.1, 0.15) is 11.3 Å². The van der Waals surface area contributed by atoms with Crippen molar-refractivity contribution >= 4 is 11.6 Å². The van der Waals surface area contributed by atoms with Gasteiger partial charge in [0.05, 0.1) is 5.69 Å². The number of aromatic nitrogens is 2. The van der Waals surface area contributed by atoms with Crippen LogP contribution in [0.1, 0.15) is 28.2 Å². The predicted octanol–water partition coefficient (Wildman–Crippen LogP) is 1.80. The summed E-state index contributed by atoms with van der Waals surface area (Å²) < 4.78 is 1.91. The standard InChI is InChI=1S/C13H15N3O/c1-9-4-5-11-14-10(2)12(16(11)8-9)13(17)15-6-3-7-15/h4-5,8H,3,6-7H2,1-2H3. The van der Waals surface area contributed by atoms with E-state index in [2.05, 4.69) is 4.98 Å². The molecule has 1 amide bonds. The highest BCUT2D eigenvalue weighted by molar-refractivity contribution is 5.95. The molecule has 0 N–H and O–H groups in total. The van der Waals surface area contributed by atoms with Crippen LogP contribution in [0.2, 0.25) is 0 Å². The minimum absolute atomic E-state index is 0.104. The molecule has 4 nitrogen and oxygen atoms in total. The first kappa shape index (κ1) is 10.3. The second-order valence-electron chi connectivity index (χ2n) is 4.63. The van der Waals surface area contributed by atoms with Crippen LogP contribution >= 0.6 is 0 Å². The number of nitrogens with zero attached hydrogens (tertiary/aromatic N) is 3. The summed E-state index contributed by atoms with van der Waals surface area (Å²) in [5.41, 5.74) is 3.50. The quantitative estimate of drug-likeness (QED) is 0.747. The molecule has 17 heavy (non-hydrogen) atoms. The molecule has 1 saturated heterocycles. The lowest BCUT2D eigenvalue weighted by molar-refractivity contribution is 0.0643. The lowest BCUT2D eigenvalue weighted by Gasteiger charge is -2.30. The van der Waals surface area contributed by atoms with E-state index < -0.39 is 0 Å². The van der Waals surface area contributed by atoms with Crippen molar-refractivity contribution in [3.05, 3.63) is 35.3 Å². The van der Waals surface area contributed by atoms with Gasteiger partial charge in [-0.3, -0.25) is 9.20 Å². The molecule has 3 rings (SSSR count). The van der Waals surface area contributed by atoms with Gasteiger partial charge in [0.2, 0.25) is 0 Å². The molecular formula is C13H15N3O. The molecule has 0 radical (unpaired) electrons. The van der Waals surface area contributed by atoms with Crippen LogP contribution in [0.3, 0.4) is 0 Å². The third-order valence-electron chi connectivity index (χ3n) is 3.29. The third kappa shape index (κ3) is 1.52. The lowest BCUT2D eigenvalue weighted by Crippen LogP contribution is -2.42. The van der Waals surface area contributed by atoms with Crippen molar-refractivity contribution in [2.24, 2.45) is 0 Å². The van der Waals surface area contributed by atoms with Crippen molar-refractivity contribution in [2.75, 3.05) is 13.1 Å². The molecule has 2 aromatic heterocycles. The largest absolute Gasteiger partial charge is 0.337 e. The number of aryl methyl sites for hydroxylation is 2. The summed E-state index contributed by atoms with van der Waals surface area (Å²) in [4.78, 5) is 18.6. The first-order chi connectivity index (χ1) is 8.16. The van der Waals surface area contributed by atoms with Gasteiger partial charge in [-0.1, -0.05) is 6.07 Å². The van der Waals surface area contributed by atoms with Crippen LogP contribution in [0.4, 0.5) is 0 Å². The summed E-state index contributed by atoms with van der Waals surface area (Å²) >= 11 is 0. The Morgan fingerprint density at radius 2 is 2.06 bits per heavy atom. The Hall–Kier alpha value is -1.84. The highest BCUT2D eigenvalue weighted by Crippen LogP contribution is 2.18. The van der Waals surface area contributed by atoms with Crippen molar-refractivity contribution in [3.63, 3.8) is 0 Å². The molecule has 0 atom stereocenters. The smallest absolute Gasteiger partial charge is 0.272 e. The number of pyridine rings is 1. The number of likely N-dealkylation sites (tertiary alicyclic amines) is 1. The fourth-order valence-corrected chi connectivity index (χ4v) is 2.20. The Balaban J connectivity index is 2.16. The highest BCUT2D eigenvalue weighted by Gasteiger charge is 2.26. The average molecular weight is 229 g/mol. The first-order valence-electron chi connectivity index (χ1n) is 5.91. The van der Waals surface area contributed by atoms with Crippen molar-refractivity contribution in [1.29, 1.82) is 0 Å². The molecule has 1 aliphatic heterocycles. The van der Waals surface area contributed by atoms with Crippen LogP contribution in [0, 0.1) is 13.8 Å². The maximum Gasteiger partial charge on any atom is 0.272 e. The molecule has 0 bridgehead atoms. The summed E-state index contributed by atoms with van der Waals surface area (Å²) in [6, 6.07) is 3.97. The second-order valence-corrected chi connectivity index (χ2v) is 4.63. The maximum atomic E-state index is 12.3. The molecule has 3 heterocycles. The number of hydrogen-bond donors (Lipinski definition) is 0. The zero-order valence-electron chi connectivity index (χ0n) is 10.1. The van der Waals surface area contributed by atoms with Crippen LogP contribution < -0.4 is 0 Å². The van der Waals surface area contributed by atoms with E-state index in [1.54, 1.807) is 0 Å². The van der Waals surface area contributed by atoms with Crippen molar-refractivity contribution in [1.82, 2.24) is 14.3 Å². The van der Waals surface area contributed by atoms with Gasteiger partial charge in [-0.05, 0) is 31.9 Å². The zero-order chi connectivity index (χ0) is 12.0. The van der Waals surface area contributed by atoms with Gasteiger partial charge in [-0.25, -0.2) is 4.98 Å². The molecule has 88 valence electrons. The van der Waals surface area contributed by atoms with Crippen LogP contribution in [0.25, 0.3) is 5.65 Å². The predicted molar refractivity (Wildman–Crippen MR) is 65.2 cm³/mol. The van der Waals surface area contributed by atoms with Gasteiger partial charge in [0, 0.05) is 19.3 Å². The number of carbonyl (C=O) groups excluding carboxylic acids is 1. The summed E-state index contributed by atoms with van der Waals surface area (Å²) in [5, 5.41) is 0. The minimum atomic E-state index is 0.104. The van der Waals surface area contributed by atoms with E-state index in [0.717, 1.165) is 36.4 Å². The number of fused-ring (bicyclic) bond motifs is 1. The topological polar surface area (TPSA) is 37.6 Å². The van der Waals surface area contributed by atoms with Gasteiger partial charge >= 0.3 is 0 Å². The summed E-state index contributed by atoms with van der Waals surface area (Å²) in [6.45, 7) is 5.66. The van der Waals surface area contributed by atoms with E-state index in [-0.39, 0.29) is 5.91 Å². The van der Waals surface area contributed by atoms with Gasteiger partial charge in [0.25, 0.3) is 5.91 Å². The second kappa shape index (κ2) is 3.58. The van der Waals surface area contributed by atoms with Crippen LogP contribution in [-0.4, -0.2) is 33.3 Å². The van der Waals surface area contributed by atoms with Gasteiger partial charge < -0.3 is 4.90 Å². The molecule has 1 fully saturated rings. The number of carbonyl (C=O) groups is 1. The Kier molecular flexibility index (Phi) is 2.18. The number of hydrogen-bond acceptors (Lipinski definition) is 2. The van der Waals surface area contributed by atoms with Crippen LogP contribution in [0.5, 0.6) is 0 Å². The van der Waals surface area contributed by atoms with Crippen molar-refractivity contribution in [2.45, 2.75) is 20.3 Å². The Morgan fingerprint density at radius 1 is 1.29 bits per heavy atom. The SMILES string of the molecule is Cc1ccc2nc(C)c(C(=O)N3CCC3)n2c1. The van der Waals surface area contributed by atoms with Crippen molar-refractivity contribution in [3.8, 4) is 0 Å². The molecule has 0 aliphatic carbocycles. The zero-order valence-corrected chi connectivity index (χ0v) is 10.1. The summed E-state index contributed by atoms with van der Waals surface area (Å²) in [7, 11) is 0. The Morgan fingerprint density at radius 3 is 2.71 bits per heavy atom. The summed E-state index contributed by atoms with van der Waals surface area (Å²) in [5.74, 6) is 0.104. The first-order valence-corrected chi connectivity index (χ1v) is 5.91. The number of amides is 1. The van der Waals surface area contributed by atoms with Gasteiger partial charge in [0.15, 0.2) is 0 Å². The lowest BCUT2D eigenvalue weighted by atomic mass is 10.2. The molecule has 1 aliphatic rings. The minimum Gasteiger partial charge on any atom is -0.337 e. The third-order valence-corrected chi connectivity index (χ3v) is 3.29. The van der Waals surface area contributed by atoms with E-state index in [4.69, 9.17) is 0 Å². The molecule has 4 heteroatoms. The Bertz CT molecular complexity index is 596. The van der Waals surface area contributed by atoms with E-state index in [1.807, 2.05) is 41.5 Å². The highest BCUT2D eigenvalue weighted by atomic mass is 16.2. The van der Waals surface area contributed by atoms with E-state index >= 15 is 0 Å². The molecule has 0 saturated carbocycles. The fourth-order valence-electron chi connectivity index (χ4n) is 2.20.